The third-order valence-corrected chi connectivity index (χ3v) is 4.33. The van der Waals surface area contributed by atoms with Crippen LogP contribution >= 0.6 is 11.8 Å². The number of methoxy groups -OCH3 is 1. The lowest BCUT2D eigenvalue weighted by Crippen LogP contribution is -2.34. The Hall–Kier alpha value is -2.39. The summed E-state index contributed by atoms with van der Waals surface area (Å²) < 4.78 is 6.58. The van der Waals surface area contributed by atoms with Gasteiger partial charge in [0.1, 0.15) is 0 Å². The molecule has 0 spiro atoms. The molecule has 0 radical (unpaired) electrons. The maximum Gasteiger partial charge on any atom is 0.262 e. The Bertz CT molecular complexity index is 821. The first-order valence-electron chi connectivity index (χ1n) is 7.69. The van der Waals surface area contributed by atoms with Crippen LogP contribution in [0.5, 0.6) is 0 Å². The largest absolute Gasteiger partial charge is 0.385 e. The van der Waals surface area contributed by atoms with Crippen molar-refractivity contribution in [3.63, 3.8) is 0 Å². The highest BCUT2D eigenvalue weighted by atomic mass is 32.2. The summed E-state index contributed by atoms with van der Waals surface area (Å²) in [5, 5.41) is 3.39. The van der Waals surface area contributed by atoms with E-state index in [4.69, 9.17) is 10.5 Å². The van der Waals surface area contributed by atoms with Gasteiger partial charge in [0.05, 0.1) is 23.2 Å². The number of carbonyl (C=O) groups is 2. The van der Waals surface area contributed by atoms with Crippen molar-refractivity contribution < 1.29 is 14.3 Å². The van der Waals surface area contributed by atoms with E-state index in [0.717, 1.165) is 11.8 Å². The molecule has 0 aliphatic rings. The third-order valence-electron chi connectivity index (χ3n) is 3.35. The van der Waals surface area contributed by atoms with Crippen molar-refractivity contribution >= 4 is 34.5 Å². The molecule has 0 atom stereocenters. The second-order valence-electron chi connectivity index (χ2n) is 5.25. The number of nitrogens with zero attached hydrogens (tertiary/aromatic N) is 2. The van der Waals surface area contributed by atoms with Crippen LogP contribution in [-0.2, 0) is 20.9 Å². The van der Waals surface area contributed by atoms with E-state index >= 15 is 0 Å². The van der Waals surface area contributed by atoms with Crippen LogP contribution in [0.2, 0.25) is 0 Å². The molecule has 0 fully saturated rings. The van der Waals surface area contributed by atoms with Gasteiger partial charge in [0, 0.05) is 20.3 Å². The summed E-state index contributed by atoms with van der Waals surface area (Å²) in [5.74, 6) is -0.934. The first-order valence-corrected chi connectivity index (χ1v) is 8.68. The van der Waals surface area contributed by atoms with E-state index in [2.05, 4.69) is 10.3 Å². The standard InChI is InChI=1S/C16H20N4O4S/c1-24-8-4-7-20-15(23)11-5-2-3-6-12(11)19-16(20)25-10-14(22)18-9-13(17)21/h2-3,5-6H,4,7-10H2,1H3,(H2,17,21)(H,18,22). The molecule has 0 unspecified atom stereocenters. The van der Waals surface area contributed by atoms with Crippen LogP contribution in [0.1, 0.15) is 6.42 Å². The highest BCUT2D eigenvalue weighted by Gasteiger charge is 2.13. The van der Waals surface area contributed by atoms with Gasteiger partial charge >= 0.3 is 0 Å². The number of thioether (sulfide) groups is 1. The Morgan fingerprint density at radius 3 is 2.84 bits per heavy atom. The van der Waals surface area contributed by atoms with Gasteiger partial charge in [-0.2, -0.15) is 0 Å². The number of hydrogen-bond donors (Lipinski definition) is 2. The molecule has 25 heavy (non-hydrogen) atoms. The van der Waals surface area contributed by atoms with E-state index in [0.29, 0.717) is 35.6 Å². The summed E-state index contributed by atoms with van der Waals surface area (Å²) >= 11 is 1.14. The first kappa shape index (κ1) is 18.9. The summed E-state index contributed by atoms with van der Waals surface area (Å²) in [6, 6.07) is 7.08. The van der Waals surface area contributed by atoms with Crippen LogP contribution in [0.4, 0.5) is 0 Å². The molecule has 1 heterocycles. The van der Waals surface area contributed by atoms with Crippen molar-refractivity contribution in [2.45, 2.75) is 18.1 Å². The monoisotopic (exact) mass is 364 g/mol. The summed E-state index contributed by atoms with van der Waals surface area (Å²) in [6.45, 7) is 0.739. The van der Waals surface area contributed by atoms with Gasteiger partial charge in [-0.25, -0.2) is 4.98 Å². The summed E-state index contributed by atoms with van der Waals surface area (Å²) in [7, 11) is 1.60. The molecule has 0 aliphatic heterocycles. The highest BCUT2D eigenvalue weighted by Crippen LogP contribution is 2.18. The molecule has 8 nitrogen and oxygen atoms in total. The maximum absolute atomic E-state index is 12.7. The molecule has 0 saturated carbocycles. The van der Waals surface area contributed by atoms with Gasteiger partial charge in [0.25, 0.3) is 5.56 Å². The van der Waals surface area contributed by atoms with Crippen molar-refractivity contribution in [3.05, 3.63) is 34.6 Å². The van der Waals surface area contributed by atoms with Gasteiger partial charge in [-0.15, -0.1) is 0 Å². The number of primary amides is 1. The van der Waals surface area contributed by atoms with E-state index < -0.39 is 5.91 Å². The van der Waals surface area contributed by atoms with Crippen LogP contribution in [-0.4, -0.2) is 47.4 Å². The molecule has 2 amide bonds. The van der Waals surface area contributed by atoms with E-state index in [9.17, 15) is 14.4 Å². The number of benzene rings is 1. The van der Waals surface area contributed by atoms with Crippen molar-refractivity contribution in [2.75, 3.05) is 26.0 Å². The molecule has 2 aromatic rings. The molecule has 134 valence electrons. The fourth-order valence-electron chi connectivity index (χ4n) is 2.19. The van der Waals surface area contributed by atoms with E-state index in [1.807, 2.05) is 0 Å². The van der Waals surface area contributed by atoms with E-state index in [1.54, 1.807) is 35.9 Å². The number of fused-ring (bicyclic) bond motifs is 1. The molecule has 2 rings (SSSR count). The van der Waals surface area contributed by atoms with Crippen LogP contribution in [0, 0.1) is 0 Å². The minimum Gasteiger partial charge on any atom is -0.385 e. The molecule has 1 aromatic heterocycles. The number of nitrogens with two attached hydrogens (primary N) is 1. The van der Waals surface area contributed by atoms with Gasteiger partial charge in [-0.05, 0) is 18.6 Å². The minimum absolute atomic E-state index is 0.0301. The SMILES string of the molecule is COCCCn1c(SCC(=O)NCC(N)=O)nc2ccccc2c1=O. The second-order valence-corrected chi connectivity index (χ2v) is 6.19. The van der Waals surface area contributed by atoms with Crippen LogP contribution < -0.4 is 16.6 Å². The molecule has 3 N–H and O–H groups in total. The van der Waals surface area contributed by atoms with E-state index in [-0.39, 0.29) is 23.8 Å². The van der Waals surface area contributed by atoms with Crippen LogP contribution in [0.25, 0.3) is 10.9 Å². The normalized spacial score (nSPS) is 10.8. The Kier molecular flexibility index (Phi) is 6.96. The third kappa shape index (κ3) is 5.30. The van der Waals surface area contributed by atoms with Gasteiger partial charge in [-0.3, -0.25) is 19.0 Å². The van der Waals surface area contributed by atoms with Crippen LogP contribution in [0.15, 0.2) is 34.2 Å². The number of rotatable bonds is 9. The number of amides is 2. The second kappa shape index (κ2) is 9.19. The Labute approximate surface area is 148 Å². The lowest BCUT2D eigenvalue weighted by atomic mass is 10.2. The molecule has 9 heteroatoms. The van der Waals surface area contributed by atoms with Gasteiger partial charge < -0.3 is 15.8 Å². The van der Waals surface area contributed by atoms with Crippen molar-refractivity contribution in [3.8, 4) is 0 Å². The lowest BCUT2D eigenvalue weighted by Gasteiger charge is -2.12. The zero-order valence-electron chi connectivity index (χ0n) is 13.9. The number of nitrogens with one attached hydrogen (secondary N) is 1. The Morgan fingerprint density at radius 1 is 1.36 bits per heavy atom. The average molecular weight is 364 g/mol. The fraction of sp³-hybridized carbons (Fsp3) is 0.375. The molecule has 0 bridgehead atoms. The zero-order chi connectivity index (χ0) is 18.2. The number of para-hydroxylation sites is 1. The van der Waals surface area contributed by atoms with Gasteiger partial charge in [-0.1, -0.05) is 23.9 Å². The first-order chi connectivity index (χ1) is 12.0. The quantitative estimate of drug-likeness (QED) is 0.371. The maximum atomic E-state index is 12.7. The average Bonchev–Trinajstić information content (AvgIpc) is 2.60. The summed E-state index contributed by atoms with van der Waals surface area (Å²) in [5.41, 5.74) is 5.42. The Balaban J connectivity index is 2.23. The van der Waals surface area contributed by atoms with Gasteiger partial charge in [0.15, 0.2) is 5.16 Å². The molecular formula is C16H20N4O4S. The Morgan fingerprint density at radius 2 is 2.12 bits per heavy atom. The number of hydrogen-bond acceptors (Lipinski definition) is 6. The zero-order valence-corrected chi connectivity index (χ0v) is 14.7. The molecule has 0 saturated heterocycles. The van der Waals surface area contributed by atoms with Gasteiger partial charge in [0.2, 0.25) is 11.8 Å². The predicted octanol–water partition coefficient (Wildman–Crippen LogP) is 0.127. The van der Waals surface area contributed by atoms with Crippen LogP contribution in [0.3, 0.4) is 0 Å². The summed E-state index contributed by atoms with van der Waals surface area (Å²) in [6.07, 6.45) is 0.651. The number of carbonyl (C=O) groups excluding carboxylic acids is 2. The van der Waals surface area contributed by atoms with E-state index in [1.165, 1.54) is 0 Å². The summed E-state index contributed by atoms with van der Waals surface area (Å²) in [4.78, 5) is 39.7. The lowest BCUT2D eigenvalue weighted by molar-refractivity contribution is -0.123. The van der Waals surface area contributed by atoms with Crippen molar-refractivity contribution in [1.29, 1.82) is 0 Å². The minimum atomic E-state index is -0.612. The number of ether oxygens (including phenoxy) is 1. The topological polar surface area (TPSA) is 116 Å². The fourth-order valence-corrected chi connectivity index (χ4v) is 3.04. The molecule has 0 aliphatic carbocycles. The number of aromatic nitrogens is 2. The van der Waals surface area contributed by atoms with Crippen molar-refractivity contribution in [2.24, 2.45) is 5.73 Å². The predicted molar refractivity (Wildman–Crippen MR) is 95.4 cm³/mol. The molecule has 1 aromatic carbocycles. The smallest absolute Gasteiger partial charge is 0.262 e. The highest BCUT2D eigenvalue weighted by molar-refractivity contribution is 7.99. The van der Waals surface area contributed by atoms with Crippen molar-refractivity contribution in [1.82, 2.24) is 14.9 Å². The molecular weight excluding hydrogens is 344 g/mol.